The smallest absolute Gasteiger partial charge is 0.246 e. The number of methoxy groups -OCH3 is 1. The minimum absolute atomic E-state index is 0.0301. The van der Waals surface area contributed by atoms with E-state index >= 15 is 0 Å². The van der Waals surface area contributed by atoms with Crippen molar-refractivity contribution in [3.05, 3.63) is 35.4 Å². The number of hydrogen-bond donors (Lipinski definition) is 1. The molecule has 102 valence electrons. The highest BCUT2D eigenvalue weighted by Crippen LogP contribution is 2.48. The lowest BCUT2D eigenvalue weighted by Gasteiger charge is -2.21. The van der Waals surface area contributed by atoms with Gasteiger partial charge in [0.1, 0.15) is 6.61 Å². The van der Waals surface area contributed by atoms with Crippen LogP contribution < -0.4 is 5.32 Å². The molecule has 0 unspecified atom stereocenters. The molecule has 1 N–H and O–H groups in total. The molecule has 19 heavy (non-hydrogen) atoms. The fourth-order valence-corrected chi connectivity index (χ4v) is 3.59. The molecule has 0 radical (unpaired) electrons. The van der Waals surface area contributed by atoms with E-state index in [1.165, 1.54) is 11.1 Å². The Bertz CT molecular complexity index is 489. The van der Waals surface area contributed by atoms with Gasteiger partial charge in [-0.3, -0.25) is 4.79 Å². The summed E-state index contributed by atoms with van der Waals surface area (Å²) in [6.45, 7) is 2.25. The summed E-state index contributed by atoms with van der Waals surface area (Å²) in [7, 11) is 3.70. The van der Waals surface area contributed by atoms with Gasteiger partial charge in [0.15, 0.2) is 0 Å². The third kappa shape index (κ3) is 2.15. The van der Waals surface area contributed by atoms with Gasteiger partial charge in [-0.2, -0.15) is 0 Å². The predicted octanol–water partition coefficient (Wildman–Crippen LogP) is 1.15. The SMILES string of the molecule is COCC(=O)N[C@@H]1c2ccccc2[C@@H]2CN(C)C[C@H]12. The Hall–Kier alpha value is -1.39. The van der Waals surface area contributed by atoms with Crippen molar-refractivity contribution >= 4 is 5.91 Å². The number of nitrogens with zero attached hydrogens (tertiary/aromatic N) is 1. The first-order valence-electron chi connectivity index (χ1n) is 6.76. The molecule has 2 aliphatic rings. The van der Waals surface area contributed by atoms with Crippen LogP contribution in [0.5, 0.6) is 0 Å². The first-order valence-corrected chi connectivity index (χ1v) is 6.76. The van der Waals surface area contributed by atoms with Gasteiger partial charge >= 0.3 is 0 Å². The quantitative estimate of drug-likeness (QED) is 0.886. The number of ether oxygens (including phenoxy) is 1. The van der Waals surface area contributed by atoms with E-state index in [0.717, 1.165) is 13.1 Å². The van der Waals surface area contributed by atoms with Crippen molar-refractivity contribution in [1.29, 1.82) is 0 Å². The van der Waals surface area contributed by atoms with E-state index in [9.17, 15) is 4.79 Å². The lowest BCUT2D eigenvalue weighted by Crippen LogP contribution is -2.35. The minimum Gasteiger partial charge on any atom is -0.375 e. The highest BCUT2D eigenvalue weighted by atomic mass is 16.5. The van der Waals surface area contributed by atoms with Crippen LogP contribution in [-0.2, 0) is 9.53 Å². The molecule has 1 saturated heterocycles. The number of benzene rings is 1. The van der Waals surface area contributed by atoms with Gasteiger partial charge in [0, 0.05) is 32.0 Å². The number of amides is 1. The number of carbonyl (C=O) groups excluding carboxylic acids is 1. The standard InChI is InChI=1S/C15H20N2O2/c1-17-7-12-10-5-3-4-6-11(10)15(13(12)8-17)16-14(18)9-19-2/h3-6,12-13,15H,7-9H2,1-2H3,(H,16,18)/t12-,13-,15+/m0/s1. The Balaban J connectivity index is 1.88. The van der Waals surface area contributed by atoms with Crippen LogP contribution in [0.3, 0.4) is 0 Å². The molecule has 0 aromatic heterocycles. The second-order valence-corrected chi connectivity index (χ2v) is 5.60. The van der Waals surface area contributed by atoms with Crippen molar-refractivity contribution in [3.63, 3.8) is 0 Å². The van der Waals surface area contributed by atoms with Gasteiger partial charge in [-0.1, -0.05) is 24.3 Å². The second kappa shape index (κ2) is 4.94. The maximum absolute atomic E-state index is 11.8. The van der Waals surface area contributed by atoms with Gasteiger partial charge < -0.3 is 15.0 Å². The third-order valence-corrected chi connectivity index (χ3v) is 4.30. The van der Waals surface area contributed by atoms with Crippen LogP contribution >= 0.6 is 0 Å². The summed E-state index contributed by atoms with van der Waals surface area (Å²) in [4.78, 5) is 14.2. The number of likely N-dealkylation sites (N-methyl/N-ethyl adjacent to an activating group) is 1. The maximum atomic E-state index is 11.8. The average molecular weight is 260 g/mol. The number of nitrogens with one attached hydrogen (secondary N) is 1. The molecule has 1 aromatic carbocycles. The van der Waals surface area contributed by atoms with E-state index < -0.39 is 0 Å². The van der Waals surface area contributed by atoms with Crippen molar-refractivity contribution in [2.24, 2.45) is 5.92 Å². The largest absolute Gasteiger partial charge is 0.375 e. The Morgan fingerprint density at radius 2 is 2.11 bits per heavy atom. The highest BCUT2D eigenvalue weighted by Gasteiger charge is 2.45. The zero-order valence-corrected chi connectivity index (χ0v) is 11.4. The lowest BCUT2D eigenvalue weighted by atomic mass is 9.94. The molecule has 0 saturated carbocycles. The monoisotopic (exact) mass is 260 g/mol. The summed E-state index contributed by atoms with van der Waals surface area (Å²) in [5.41, 5.74) is 2.69. The molecule has 1 aromatic rings. The fraction of sp³-hybridized carbons (Fsp3) is 0.533. The van der Waals surface area contributed by atoms with Gasteiger partial charge in [0.05, 0.1) is 6.04 Å². The summed E-state index contributed by atoms with van der Waals surface area (Å²) >= 11 is 0. The van der Waals surface area contributed by atoms with Gasteiger partial charge in [-0.15, -0.1) is 0 Å². The van der Waals surface area contributed by atoms with Crippen LogP contribution in [0.2, 0.25) is 0 Å². The zero-order chi connectivity index (χ0) is 13.4. The van der Waals surface area contributed by atoms with E-state index in [1.54, 1.807) is 7.11 Å². The molecule has 3 rings (SSSR count). The number of rotatable bonds is 3. The van der Waals surface area contributed by atoms with Gasteiger partial charge in [-0.25, -0.2) is 0 Å². The first-order chi connectivity index (χ1) is 9.20. The Labute approximate surface area is 113 Å². The fourth-order valence-electron chi connectivity index (χ4n) is 3.59. The van der Waals surface area contributed by atoms with Crippen molar-refractivity contribution < 1.29 is 9.53 Å². The van der Waals surface area contributed by atoms with Crippen LogP contribution in [-0.4, -0.2) is 44.7 Å². The normalized spacial score (nSPS) is 29.1. The molecule has 1 aliphatic heterocycles. The van der Waals surface area contributed by atoms with E-state index in [1.807, 2.05) is 0 Å². The van der Waals surface area contributed by atoms with Crippen molar-refractivity contribution in [1.82, 2.24) is 10.2 Å². The topological polar surface area (TPSA) is 41.6 Å². The molecule has 1 heterocycles. The highest BCUT2D eigenvalue weighted by molar-refractivity contribution is 5.78. The first kappa shape index (κ1) is 12.6. The molecule has 3 atom stereocenters. The van der Waals surface area contributed by atoms with Crippen LogP contribution in [0.4, 0.5) is 0 Å². The second-order valence-electron chi connectivity index (χ2n) is 5.60. The third-order valence-electron chi connectivity index (χ3n) is 4.30. The minimum atomic E-state index is -0.0301. The van der Waals surface area contributed by atoms with Crippen LogP contribution in [0.15, 0.2) is 24.3 Å². The molecule has 4 nitrogen and oxygen atoms in total. The maximum Gasteiger partial charge on any atom is 0.246 e. The zero-order valence-electron chi connectivity index (χ0n) is 11.4. The number of hydrogen-bond acceptors (Lipinski definition) is 3. The van der Waals surface area contributed by atoms with Crippen LogP contribution in [0.1, 0.15) is 23.1 Å². The van der Waals surface area contributed by atoms with E-state index in [0.29, 0.717) is 11.8 Å². The molecule has 1 fully saturated rings. The van der Waals surface area contributed by atoms with Crippen LogP contribution in [0, 0.1) is 5.92 Å². The average Bonchev–Trinajstić information content (AvgIpc) is 2.88. The molecule has 4 heteroatoms. The van der Waals surface area contributed by atoms with Crippen LogP contribution in [0.25, 0.3) is 0 Å². The summed E-state index contributed by atoms with van der Waals surface area (Å²) in [6.07, 6.45) is 0. The summed E-state index contributed by atoms with van der Waals surface area (Å²) in [5.74, 6) is 1.01. The Morgan fingerprint density at radius 3 is 2.84 bits per heavy atom. The van der Waals surface area contributed by atoms with Gasteiger partial charge in [0.25, 0.3) is 0 Å². The van der Waals surface area contributed by atoms with E-state index in [-0.39, 0.29) is 18.6 Å². The molecule has 1 amide bonds. The molecular formula is C15H20N2O2. The van der Waals surface area contributed by atoms with Crippen molar-refractivity contribution in [2.45, 2.75) is 12.0 Å². The number of fused-ring (bicyclic) bond motifs is 3. The molecule has 0 bridgehead atoms. The van der Waals surface area contributed by atoms with Crippen molar-refractivity contribution in [3.8, 4) is 0 Å². The molecular weight excluding hydrogens is 240 g/mol. The predicted molar refractivity (Wildman–Crippen MR) is 72.9 cm³/mol. The Kier molecular flexibility index (Phi) is 3.29. The Morgan fingerprint density at radius 1 is 1.37 bits per heavy atom. The summed E-state index contributed by atoms with van der Waals surface area (Å²) in [5, 5.41) is 3.14. The lowest BCUT2D eigenvalue weighted by molar-refractivity contribution is -0.125. The summed E-state index contributed by atoms with van der Waals surface area (Å²) < 4.78 is 4.91. The number of carbonyl (C=O) groups is 1. The molecule has 1 aliphatic carbocycles. The van der Waals surface area contributed by atoms with E-state index in [2.05, 4.69) is 41.5 Å². The summed E-state index contributed by atoms with van der Waals surface area (Å²) in [6, 6.07) is 8.63. The van der Waals surface area contributed by atoms with Gasteiger partial charge in [0.2, 0.25) is 5.91 Å². The number of likely N-dealkylation sites (tertiary alicyclic amines) is 1. The van der Waals surface area contributed by atoms with Gasteiger partial charge in [-0.05, 0) is 18.2 Å². The van der Waals surface area contributed by atoms with Crippen molar-refractivity contribution in [2.75, 3.05) is 33.9 Å². The molecule has 0 spiro atoms. The van der Waals surface area contributed by atoms with E-state index in [4.69, 9.17) is 4.74 Å².